The number of pyridine rings is 1. The van der Waals surface area contributed by atoms with E-state index in [-0.39, 0.29) is 0 Å². The Balaban J connectivity index is 1.61. The van der Waals surface area contributed by atoms with Crippen LogP contribution in [-0.4, -0.2) is 37.8 Å². The monoisotopic (exact) mass is 275 g/mol. The Labute approximate surface area is 121 Å². The number of rotatable bonds is 6. The van der Waals surface area contributed by atoms with Gasteiger partial charge in [-0.05, 0) is 43.2 Å². The zero-order chi connectivity index (χ0) is 13.8. The number of nitrogens with one attached hydrogen (secondary N) is 1. The minimum atomic E-state index is 0.651. The largest absolute Gasteiger partial charge is 0.381 e. The Morgan fingerprint density at radius 2 is 2.30 bits per heavy atom. The predicted octanol–water partition coefficient (Wildman–Crippen LogP) is 2.20. The maximum atomic E-state index is 5.58. The van der Waals surface area contributed by atoms with Crippen LogP contribution in [0.2, 0.25) is 0 Å². The molecule has 0 aromatic carbocycles. The second-order valence-electron chi connectivity index (χ2n) is 6.12. The Morgan fingerprint density at radius 3 is 3.05 bits per heavy atom. The van der Waals surface area contributed by atoms with Gasteiger partial charge in [-0.25, -0.2) is 0 Å². The van der Waals surface area contributed by atoms with Gasteiger partial charge < -0.3 is 15.0 Å². The third kappa shape index (κ3) is 3.70. The van der Waals surface area contributed by atoms with E-state index in [0.717, 1.165) is 32.3 Å². The van der Waals surface area contributed by atoms with E-state index in [1.165, 1.54) is 36.9 Å². The fourth-order valence-electron chi connectivity index (χ4n) is 2.89. The number of anilines is 1. The Kier molecular flexibility index (Phi) is 4.53. The second kappa shape index (κ2) is 6.55. The highest BCUT2D eigenvalue weighted by Crippen LogP contribution is 2.24. The van der Waals surface area contributed by atoms with Crippen LogP contribution in [-0.2, 0) is 11.3 Å². The molecule has 0 amide bonds. The average Bonchev–Trinajstić information content (AvgIpc) is 3.31. The van der Waals surface area contributed by atoms with Gasteiger partial charge in [-0.1, -0.05) is 0 Å². The number of hydrogen-bond donors (Lipinski definition) is 1. The Hall–Kier alpha value is -1.13. The van der Waals surface area contributed by atoms with E-state index >= 15 is 0 Å². The maximum Gasteiger partial charge on any atom is 0.0595 e. The Morgan fingerprint density at radius 1 is 1.40 bits per heavy atom. The van der Waals surface area contributed by atoms with Crippen LogP contribution in [0.4, 0.5) is 5.69 Å². The molecule has 4 nitrogen and oxygen atoms in total. The van der Waals surface area contributed by atoms with Crippen LogP contribution in [0.25, 0.3) is 0 Å². The second-order valence-corrected chi connectivity index (χ2v) is 6.12. The third-order valence-corrected chi connectivity index (χ3v) is 4.24. The summed E-state index contributed by atoms with van der Waals surface area (Å²) in [7, 11) is 2.17. The van der Waals surface area contributed by atoms with Crippen molar-refractivity contribution in [2.24, 2.45) is 5.92 Å². The van der Waals surface area contributed by atoms with Crippen molar-refractivity contribution in [1.82, 2.24) is 10.3 Å². The smallest absolute Gasteiger partial charge is 0.0595 e. The van der Waals surface area contributed by atoms with Crippen LogP contribution < -0.4 is 10.2 Å². The van der Waals surface area contributed by atoms with Gasteiger partial charge in [-0.3, -0.25) is 4.98 Å². The van der Waals surface area contributed by atoms with E-state index < -0.39 is 0 Å². The minimum absolute atomic E-state index is 0.651. The third-order valence-electron chi connectivity index (χ3n) is 4.24. The molecule has 1 unspecified atom stereocenters. The van der Waals surface area contributed by atoms with Gasteiger partial charge in [-0.2, -0.15) is 0 Å². The van der Waals surface area contributed by atoms with E-state index in [1.807, 2.05) is 12.4 Å². The van der Waals surface area contributed by atoms with Crippen molar-refractivity contribution in [3.05, 3.63) is 24.0 Å². The highest BCUT2D eigenvalue weighted by atomic mass is 16.5. The van der Waals surface area contributed by atoms with Gasteiger partial charge in [0.15, 0.2) is 0 Å². The van der Waals surface area contributed by atoms with Crippen molar-refractivity contribution < 1.29 is 4.74 Å². The molecule has 1 saturated carbocycles. The van der Waals surface area contributed by atoms with Crippen LogP contribution in [0, 0.1) is 5.92 Å². The topological polar surface area (TPSA) is 37.4 Å². The van der Waals surface area contributed by atoms with Crippen LogP contribution >= 0.6 is 0 Å². The van der Waals surface area contributed by atoms with Gasteiger partial charge >= 0.3 is 0 Å². The van der Waals surface area contributed by atoms with E-state index in [0.29, 0.717) is 5.92 Å². The van der Waals surface area contributed by atoms with Gasteiger partial charge in [0.25, 0.3) is 0 Å². The molecule has 110 valence electrons. The molecule has 0 spiro atoms. The molecule has 1 atom stereocenters. The summed E-state index contributed by atoms with van der Waals surface area (Å²) < 4.78 is 5.58. The Bertz CT molecular complexity index is 427. The predicted molar refractivity (Wildman–Crippen MR) is 80.9 cm³/mol. The summed E-state index contributed by atoms with van der Waals surface area (Å²) in [6, 6.07) is 2.88. The maximum absolute atomic E-state index is 5.58. The molecule has 2 aliphatic rings. The lowest BCUT2D eigenvalue weighted by molar-refractivity contribution is 0.0576. The molecule has 20 heavy (non-hydrogen) atoms. The van der Waals surface area contributed by atoms with E-state index in [2.05, 4.69) is 28.3 Å². The summed E-state index contributed by atoms with van der Waals surface area (Å²) in [5, 5.41) is 3.59. The molecule has 4 heteroatoms. The lowest BCUT2D eigenvalue weighted by Gasteiger charge is -2.29. The molecule has 2 fully saturated rings. The summed E-state index contributed by atoms with van der Waals surface area (Å²) in [6.07, 6.45) is 9.02. The fraction of sp³-hybridized carbons (Fsp3) is 0.688. The lowest BCUT2D eigenvalue weighted by atomic mass is 10.0. The number of aromatic nitrogens is 1. The van der Waals surface area contributed by atoms with Crippen LogP contribution in [0.3, 0.4) is 0 Å². The molecule has 3 rings (SSSR count). The van der Waals surface area contributed by atoms with Crippen LogP contribution in [0.5, 0.6) is 0 Å². The molecule has 2 heterocycles. The fourth-order valence-corrected chi connectivity index (χ4v) is 2.89. The molecule has 1 N–H and O–H groups in total. The number of ether oxygens (including phenoxy) is 1. The van der Waals surface area contributed by atoms with Crippen molar-refractivity contribution in [1.29, 1.82) is 0 Å². The van der Waals surface area contributed by atoms with Gasteiger partial charge in [0.1, 0.15) is 0 Å². The zero-order valence-electron chi connectivity index (χ0n) is 12.3. The number of hydrogen-bond acceptors (Lipinski definition) is 4. The summed E-state index contributed by atoms with van der Waals surface area (Å²) in [6.45, 7) is 3.85. The van der Waals surface area contributed by atoms with Crippen LogP contribution in [0.1, 0.15) is 31.2 Å². The van der Waals surface area contributed by atoms with E-state index in [9.17, 15) is 0 Å². The quantitative estimate of drug-likeness (QED) is 0.863. The lowest BCUT2D eigenvalue weighted by Crippen LogP contribution is -2.31. The van der Waals surface area contributed by atoms with E-state index in [4.69, 9.17) is 4.74 Å². The molecule has 1 aromatic rings. The van der Waals surface area contributed by atoms with Crippen molar-refractivity contribution in [3.63, 3.8) is 0 Å². The first-order valence-corrected chi connectivity index (χ1v) is 7.78. The van der Waals surface area contributed by atoms with Crippen molar-refractivity contribution in [2.75, 3.05) is 31.7 Å². The summed E-state index contributed by atoms with van der Waals surface area (Å²) in [4.78, 5) is 6.65. The first kappa shape index (κ1) is 13.8. The molecule has 0 bridgehead atoms. The molecule has 1 aliphatic heterocycles. The average molecular weight is 275 g/mol. The molecule has 1 aliphatic carbocycles. The zero-order valence-corrected chi connectivity index (χ0v) is 12.3. The van der Waals surface area contributed by atoms with Gasteiger partial charge in [0.2, 0.25) is 0 Å². The highest BCUT2D eigenvalue weighted by Gasteiger charge is 2.21. The minimum Gasteiger partial charge on any atom is -0.381 e. The summed E-state index contributed by atoms with van der Waals surface area (Å²) in [5.74, 6) is 0.651. The molecular weight excluding hydrogens is 250 g/mol. The standard InChI is InChI=1S/C16H25N3O/c1-19(11-13-3-2-8-20-12-13)16-10-17-7-6-14(16)9-18-15-4-5-15/h6-7,10,13,15,18H,2-5,8-9,11-12H2,1H3. The SMILES string of the molecule is CN(CC1CCCOC1)c1cnccc1CNC1CC1. The van der Waals surface area contributed by atoms with E-state index in [1.54, 1.807) is 0 Å². The highest BCUT2D eigenvalue weighted by molar-refractivity contribution is 5.51. The summed E-state index contributed by atoms with van der Waals surface area (Å²) in [5.41, 5.74) is 2.61. The van der Waals surface area contributed by atoms with Crippen molar-refractivity contribution in [3.8, 4) is 0 Å². The first-order chi connectivity index (χ1) is 9.83. The molecule has 1 saturated heterocycles. The normalized spacial score (nSPS) is 22.8. The number of nitrogens with zero attached hydrogens (tertiary/aromatic N) is 2. The van der Waals surface area contributed by atoms with Crippen LogP contribution in [0.15, 0.2) is 18.5 Å². The molecular formula is C16H25N3O. The summed E-state index contributed by atoms with van der Waals surface area (Å²) >= 11 is 0. The van der Waals surface area contributed by atoms with Crippen molar-refractivity contribution >= 4 is 5.69 Å². The van der Waals surface area contributed by atoms with Crippen molar-refractivity contribution in [2.45, 2.75) is 38.3 Å². The first-order valence-electron chi connectivity index (χ1n) is 7.78. The molecule has 1 aromatic heterocycles. The molecule has 0 radical (unpaired) electrons. The van der Waals surface area contributed by atoms with Gasteiger partial charge in [0.05, 0.1) is 18.5 Å². The van der Waals surface area contributed by atoms with Gasteiger partial charge in [0, 0.05) is 39.0 Å². The van der Waals surface area contributed by atoms with Gasteiger partial charge in [-0.15, -0.1) is 0 Å².